The second-order valence-corrected chi connectivity index (χ2v) is 2.56. The van der Waals surface area contributed by atoms with Crippen molar-refractivity contribution in [2.45, 2.75) is 17.8 Å². The molecular formula is C6H12O7. The van der Waals surface area contributed by atoms with Crippen LogP contribution in [0.25, 0.3) is 1.43 Å². The van der Waals surface area contributed by atoms with Gasteiger partial charge in [0.25, 0.3) is 1.43 Å². The minimum Gasteiger partial charge on any atom is -0.479 e. The Morgan fingerprint density at radius 3 is 2.31 bits per heavy atom. The van der Waals surface area contributed by atoms with Crippen LogP contribution >= 0.6 is 0 Å². The van der Waals surface area contributed by atoms with Crippen molar-refractivity contribution in [2.24, 2.45) is 0 Å². The summed E-state index contributed by atoms with van der Waals surface area (Å²) >= 11 is 0. The lowest BCUT2D eigenvalue weighted by Crippen LogP contribution is -2.58. The zero-order valence-corrected chi connectivity index (χ0v) is 6.62. The molecule has 0 fully saturated rings. The summed E-state index contributed by atoms with van der Waals surface area (Å²) in [7, 11) is 0. The van der Waals surface area contributed by atoms with E-state index in [1.54, 1.807) is 0 Å². The summed E-state index contributed by atoms with van der Waals surface area (Å²) in [5, 5.41) is 47.7. The molecule has 0 unspecified atom stereocenters. The van der Waals surface area contributed by atoms with Crippen LogP contribution in [0.3, 0.4) is 0 Å². The van der Waals surface area contributed by atoms with Crippen LogP contribution < -0.4 is 0 Å². The van der Waals surface area contributed by atoms with Crippen molar-refractivity contribution < 1.29 is 35.4 Å². The number of rotatable bonds is 5. The van der Waals surface area contributed by atoms with Gasteiger partial charge in [0, 0.05) is 0 Å². The molecule has 0 radical (unpaired) electrons. The van der Waals surface area contributed by atoms with Crippen LogP contribution in [0.1, 0.15) is 0 Å². The molecule has 7 nitrogen and oxygen atoms in total. The van der Waals surface area contributed by atoms with E-state index in [-0.39, 0.29) is 0 Å². The molecule has 0 saturated carbocycles. The van der Waals surface area contributed by atoms with Gasteiger partial charge in [-0.3, -0.25) is 0 Å². The van der Waals surface area contributed by atoms with Crippen molar-refractivity contribution in [3.05, 3.63) is 0 Å². The van der Waals surface area contributed by atoms with Gasteiger partial charge < -0.3 is 30.6 Å². The summed E-state index contributed by atoms with van der Waals surface area (Å²) in [5.41, 5.74) is -2.82. The summed E-state index contributed by atoms with van der Waals surface area (Å²) in [5.74, 6) is -1.62. The van der Waals surface area contributed by atoms with E-state index in [1.165, 1.54) is 0 Å². The predicted molar refractivity (Wildman–Crippen MR) is 38.8 cm³/mol. The fraction of sp³-hybridized carbons (Fsp3) is 0.833. The van der Waals surface area contributed by atoms with E-state index in [4.69, 9.17) is 21.9 Å². The Hall–Kier alpha value is -0.730. The maximum Gasteiger partial charge on any atom is 0.341 e. The zero-order valence-electron chi connectivity index (χ0n) is 7.62. The average Bonchev–Trinajstić information content (AvgIpc) is 2.24. The minimum atomic E-state index is -2.82. The molecule has 0 aromatic rings. The van der Waals surface area contributed by atoms with Crippen molar-refractivity contribution in [1.82, 2.24) is 0 Å². The van der Waals surface area contributed by atoms with Crippen molar-refractivity contribution in [1.29, 1.82) is 1.43 Å². The van der Waals surface area contributed by atoms with Gasteiger partial charge in [0.15, 0.2) is 0 Å². The van der Waals surface area contributed by atoms with E-state index in [0.717, 1.165) is 0 Å². The third-order valence-corrected chi connectivity index (χ3v) is 1.64. The molecule has 0 spiro atoms. The highest BCUT2D eigenvalue weighted by atomic mass is 16.4. The van der Waals surface area contributed by atoms with Gasteiger partial charge in [-0.2, -0.15) is 0 Å². The molecule has 13 heavy (non-hydrogen) atoms. The first kappa shape index (κ1) is 10.4. The molecule has 3 atom stereocenters. The van der Waals surface area contributed by atoms with Crippen molar-refractivity contribution in [2.75, 3.05) is 13.2 Å². The molecule has 7 heteroatoms. The summed E-state index contributed by atoms with van der Waals surface area (Å²) < 4.78 is 6.18. The van der Waals surface area contributed by atoms with Gasteiger partial charge in [0.1, 0.15) is 12.2 Å². The number of aliphatic hydroxyl groups excluding tert-OH is 4. The van der Waals surface area contributed by atoms with Crippen molar-refractivity contribution >= 4 is 5.97 Å². The number of hydrogen-bond donors (Lipinski definition) is 6. The highest BCUT2D eigenvalue weighted by Gasteiger charge is 2.46. The molecule has 78 valence electrons. The Kier molecular flexibility index (Phi) is 3.58. The number of carboxylic acid groups (broad SMARTS) is 1. The zero-order chi connectivity index (χ0) is 11.4. The van der Waals surface area contributed by atoms with Gasteiger partial charge in [0.2, 0.25) is 5.60 Å². The van der Waals surface area contributed by atoms with E-state index in [0.29, 0.717) is 0 Å². The highest BCUT2D eigenvalue weighted by Crippen LogP contribution is 2.13. The molecule has 0 rings (SSSR count). The minimum absolute atomic E-state index is 0.922. The SMILES string of the molecule is [2H]OC(=O)[C@@](O)(CO)[C@H](O)[C@H](O)CO. The topological polar surface area (TPSA) is 138 Å². The molecule has 0 aliphatic carbocycles. The quantitative estimate of drug-likeness (QED) is 0.269. The first-order valence-corrected chi connectivity index (χ1v) is 3.41. The smallest absolute Gasteiger partial charge is 0.341 e. The molecule has 0 aromatic heterocycles. The summed E-state index contributed by atoms with van der Waals surface area (Å²) in [6.07, 6.45) is -3.97. The largest absolute Gasteiger partial charge is 0.479 e. The Morgan fingerprint density at radius 2 is 2.00 bits per heavy atom. The van der Waals surface area contributed by atoms with Gasteiger partial charge in [0.05, 0.1) is 13.2 Å². The van der Waals surface area contributed by atoms with Crippen LogP contribution in [0.15, 0.2) is 0 Å². The van der Waals surface area contributed by atoms with E-state index < -0.39 is 37.0 Å². The molecule has 0 aromatic carbocycles. The molecule has 0 aliphatic heterocycles. The lowest BCUT2D eigenvalue weighted by atomic mass is 9.94. The molecule has 0 aliphatic rings. The first-order chi connectivity index (χ1) is 6.43. The van der Waals surface area contributed by atoms with Crippen LogP contribution in [-0.4, -0.2) is 67.6 Å². The van der Waals surface area contributed by atoms with Gasteiger partial charge in [-0.05, 0) is 0 Å². The van der Waals surface area contributed by atoms with Gasteiger partial charge in [-0.15, -0.1) is 0 Å². The second-order valence-electron chi connectivity index (χ2n) is 2.56. The Bertz CT molecular complexity index is 199. The van der Waals surface area contributed by atoms with Crippen LogP contribution in [0.2, 0.25) is 0 Å². The summed E-state index contributed by atoms with van der Waals surface area (Å²) in [4.78, 5) is 10.8. The maximum absolute atomic E-state index is 10.8. The third kappa shape index (κ3) is 2.36. The van der Waals surface area contributed by atoms with Crippen molar-refractivity contribution in [3.63, 3.8) is 0 Å². The monoisotopic (exact) mass is 197 g/mol. The molecule has 0 amide bonds. The normalized spacial score (nSPS) is 21.2. The van der Waals surface area contributed by atoms with E-state index in [1.807, 2.05) is 0 Å². The fourth-order valence-electron chi connectivity index (χ4n) is 0.697. The molecule has 0 bridgehead atoms. The van der Waals surface area contributed by atoms with E-state index >= 15 is 0 Å². The average molecular weight is 197 g/mol. The number of hydrogen-bond acceptors (Lipinski definition) is 7. The van der Waals surface area contributed by atoms with Crippen LogP contribution in [0.5, 0.6) is 0 Å². The van der Waals surface area contributed by atoms with Gasteiger partial charge >= 0.3 is 5.97 Å². The fourth-order valence-corrected chi connectivity index (χ4v) is 0.697. The van der Waals surface area contributed by atoms with Crippen molar-refractivity contribution in [3.8, 4) is 0 Å². The predicted octanol–water partition coefficient (Wildman–Crippen LogP) is -3.49. The molecule has 6 N–H and O–H groups in total. The van der Waals surface area contributed by atoms with Crippen LogP contribution in [0, 0.1) is 0 Å². The highest BCUT2D eigenvalue weighted by molar-refractivity contribution is 5.78. The Balaban J connectivity index is 4.75. The van der Waals surface area contributed by atoms with E-state index in [9.17, 15) is 9.90 Å². The van der Waals surface area contributed by atoms with Gasteiger partial charge in [-0.1, -0.05) is 0 Å². The van der Waals surface area contributed by atoms with E-state index in [2.05, 4.69) is 5.11 Å². The molecular weight excluding hydrogens is 184 g/mol. The standard InChI is InChI=1S/C6H12O7/c7-1-3(9)4(10)6(13,2-8)5(11)12/h3-4,7-10,13H,1-2H2,(H,11,12)/t3-,4-,6-/m1/s1/i/hD. The number of carboxylic acids is 1. The maximum atomic E-state index is 10.8. The number of aliphatic carboxylic acids is 1. The van der Waals surface area contributed by atoms with Crippen LogP contribution in [0.4, 0.5) is 0 Å². The molecule has 0 heterocycles. The van der Waals surface area contributed by atoms with Gasteiger partial charge in [-0.25, -0.2) is 4.79 Å². The lowest BCUT2D eigenvalue weighted by molar-refractivity contribution is -0.191. The summed E-state index contributed by atoms with van der Waals surface area (Å²) in [6, 6.07) is 0. The second kappa shape index (κ2) is 4.49. The van der Waals surface area contributed by atoms with Crippen LogP contribution in [-0.2, 0) is 4.79 Å². The number of aliphatic hydroxyl groups is 5. The third-order valence-electron chi connectivity index (χ3n) is 1.64. The summed E-state index contributed by atoms with van der Waals surface area (Å²) in [6.45, 7) is -2.17. The Morgan fingerprint density at radius 1 is 1.46 bits per heavy atom. The first-order valence-electron chi connectivity index (χ1n) is 3.82. The lowest BCUT2D eigenvalue weighted by Gasteiger charge is -2.29. The molecule has 0 saturated heterocycles. The Labute approximate surface area is 75.0 Å². The number of carbonyl (C=O) groups is 1.